The van der Waals surface area contributed by atoms with Crippen LogP contribution in [0.4, 0.5) is 19.1 Å². The highest BCUT2D eigenvalue weighted by Crippen LogP contribution is 2.33. The summed E-state index contributed by atoms with van der Waals surface area (Å²) in [6.07, 6.45) is -1.24. The molecule has 13 heteroatoms. The molecule has 0 aromatic carbocycles. The molecule has 1 aliphatic heterocycles. The normalized spacial score (nSPS) is 15.4. The smallest absolute Gasteiger partial charge is 0.425 e. The number of rotatable bonds is 8. The third-order valence-electron chi connectivity index (χ3n) is 4.93. The van der Waals surface area contributed by atoms with Crippen LogP contribution in [0.2, 0.25) is 0 Å². The molecule has 3 heterocycles. The number of aromatic nitrogens is 4. The van der Waals surface area contributed by atoms with Gasteiger partial charge in [-0.3, -0.25) is 9.59 Å². The van der Waals surface area contributed by atoms with Crippen LogP contribution in [0, 0.1) is 6.92 Å². The molecule has 0 spiro atoms. The van der Waals surface area contributed by atoms with Crippen molar-refractivity contribution < 1.29 is 27.4 Å². The lowest BCUT2D eigenvalue weighted by atomic mass is 10.2. The van der Waals surface area contributed by atoms with E-state index in [1.165, 1.54) is 6.92 Å². The molecule has 0 aliphatic carbocycles. The number of aromatic amines is 1. The molecule has 2 aromatic heterocycles. The third-order valence-corrected chi connectivity index (χ3v) is 4.93. The summed E-state index contributed by atoms with van der Waals surface area (Å²) in [5, 5.41) is 5.09. The highest BCUT2D eigenvalue weighted by atomic mass is 19.4. The minimum absolute atomic E-state index is 0.0596. The molecule has 10 nitrogen and oxygen atoms in total. The van der Waals surface area contributed by atoms with E-state index >= 15 is 0 Å². The fraction of sp³-hybridized carbons (Fsp3) is 0.550. The van der Waals surface area contributed by atoms with Gasteiger partial charge < -0.3 is 19.3 Å². The van der Waals surface area contributed by atoms with Crippen LogP contribution >= 0.6 is 0 Å². The first-order valence-corrected chi connectivity index (χ1v) is 10.4. The second-order valence-corrected chi connectivity index (χ2v) is 7.62. The molecule has 1 unspecified atom stereocenters. The summed E-state index contributed by atoms with van der Waals surface area (Å²) in [4.78, 5) is 36.2. The lowest BCUT2D eigenvalue weighted by Gasteiger charge is -2.34. The first-order chi connectivity index (χ1) is 15.6. The average molecular weight is 470 g/mol. The van der Waals surface area contributed by atoms with E-state index in [9.17, 15) is 22.8 Å². The molecule has 0 radical (unpaired) electrons. The Bertz CT molecular complexity index is 991. The number of aryl methyl sites for hydroxylation is 1. The molecule has 1 saturated heterocycles. The van der Waals surface area contributed by atoms with Crippen LogP contribution in [-0.2, 0) is 15.7 Å². The molecule has 0 saturated carbocycles. The van der Waals surface area contributed by atoms with Gasteiger partial charge in [-0.15, -0.1) is 0 Å². The molecular formula is C20H25F3N6O4. The van der Waals surface area contributed by atoms with Gasteiger partial charge in [-0.25, -0.2) is 15.1 Å². The number of nitrogens with one attached hydrogen (secondary N) is 1. The number of nitrogens with zero attached hydrogens (tertiary/aromatic N) is 5. The maximum absolute atomic E-state index is 13.1. The molecule has 1 aliphatic rings. The minimum Gasteiger partial charge on any atom is -0.486 e. The van der Waals surface area contributed by atoms with Crippen molar-refractivity contribution in [3.63, 3.8) is 0 Å². The maximum atomic E-state index is 13.1. The SMILES string of the molecule is Cc1cnc(N2CCN(C(=O)CCOCC(C)Oc3cn[nH]c(=O)c3C(F)(F)F)CC2)nc1. The van der Waals surface area contributed by atoms with Gasteiger partial charge in [0.25, 0.3) is 5.56 Å². The molecule has 1 fully saturated rings. The Hall–Kier alpha value is -3.22. The number of carbonyl (C=O) groups is 1. The van der Waals surface area contributed by atoms with Crippen molar-refractivity contribution in [2.24, 2.45) is 0 Å². The predicted molar refractivity (Wildman–Crippen MR) is 111 cm³/mol. The Morgan fingerprint density at radius 3 is 2.48 bits per heavy atom. The van der Waals surface area contributed by atoms with Crippen molar-refractivity contribution in [3.8, 4) is 5.75 Å². The molecule has 2 aromatic rings. The van der Waals surface area contributed by atoms with Gasteiger partial charge in [0, 0.05) is 38.6 Å². The van der Waals surface area contributed by atoms with Crippen LogP contribution in [0.1, 0.15) is 24.5 Å². The lowest BCUT2D eigenvalue weighted by molar-refractivity contribution is -0.141. The van der Waals surface area contributed by atoms with E-state index < -0.39 is 29.2 Å². The van der Waals surface area contributed by atoms with Crippen LogP contribution in [0.15, 0.2) is 23.4 Å². The van der Waals surface area contributed by atoms with Crippen LogP contribution in [0.25, 0.3) is 0 Å². The number of hydrogen-bond donors (Lipinski definition) is 1. The van der Waals surface area contributed by atoms with Gasteiger partial charge in [0.15, 0.2) is 11.3 Å². The largest absolute Gasteiger partial charge is 0.486 e. The van der Waals surface area contributed by atoms with Crippen molar-refractivity contribution in [2.45, 2.75) is 32.5 Å². The van der Waals surface area contributed by atoms with Crippen LogP contribution in [0.3, 0.4) is 0 Å². The summed E-state index contributed by atoms with van der Waals surface area (Å²) < 4.78 is 49.8. The number of halogens is 3. The van der Waals surface area contributed by atoms with Gasteiger partial charge in [0.05, 0.1) is 25.8 Å². The summed E-state index contributed by atoms with van der Waals surface area (Å²) in [6, 6.07) is 0. The van der Waals surface area contributed by atoms with E-state index in [2.05, 4.69) is 15.1 Å². The van der Waals surface area contributed by atoms with Crippen LogP contribution in [0.5, 0.6) is 5.75 Å². The topological polar surface area (TPSA) is 114 Å². The van der Waals surface area contributed by atoms with Gasteiger partial charge >= 0.3 is 6.18 Å². The van der Waals surface area contributed by atoms with E-state index in [0.29, 0.717) is 32.1 Å². The van der Waals surface area contributed by atoms with Crippen molar-refractivity contribution in [1.82, 2.24) is 25.1 Å². The van der Waals surface area contributed by atoms with Gasteiger partial charge in [-0.1, -0.05) is 0 Å². The van der Waals surface area contributed by atoms with E-state index in [-0.39, 0.29) is 25.5 Å². The standard InChI is InChI=1S/C20H25F3N6O4/c1-13-9-24-19(25-10-13)29-6-4-28(5-7-29)16(30)3-8-32-12-14(2)33-15-11-26-27-18(31)17(15)20(21,22)23/h9-11,14H,3-8,12H2,1-2H3,(H,27,31). The fourth-order valence-electron chi connectivity index (χ4n) is 3.26. The predicted octanol–water partition coefficient (Wildman–Crippen LogP) is 1.41. The molecule has 1 N–H and O–H groups in total. The molecule has 33 heavy (non-hydrogen) atoms. The summed E-state index contributed by atoms with van der Waals surface area (Å²) in [6.45, 7) is 5.74. The fourth-order valence-corrected chi connectivity index (χ4v) is 3.26. The minimum atomic E-state index is -4.88. The monoisotopic (exact) mass is 470 g/mol. The summed E-state index contributed by atoms with van der Waals surface area (Å²) in [5.74, 6) is -0.116. The van der Waals surface area contributed by atoms with Gasteiger partial charge in [0.2, 0.25) is 11.9 Å². The zero-order chi connectivity index (χ0) is 24.0. The Balaban J connectivity index is 1.39. The van der Waals surface area contributed by atoms with E-state index in [1.807, 2.05) is 11.8 Å². The van der Waals surface area contributed by atoms with Gasteiger partial charge in [-0.05, 0) is 19.4 Å². The number of alkyl halides is 3. The first-order valence-electron chi connectivity index (χ1n) is 10.4. The molecular weight excluding hydrogens is 445 g/mol. The zero-order valence-electron chi connectivity index (χ0n) is 18.3. The quantitative estimate of drug-likeness (QED) is 0.577. The number of H-pyrrole nitrogens is 1. The van der Waals surface area contributed by atoms with Crippen LogP contribution in [-0.4, -0.2) is 76.5 Å². The van der Waals surface area contributed by atoms with E-state index in [0.717, 1.165) is 11.8 Å². The highest BCUT2D eigenvalue weighted by molar-refractivity contribution is 5.76. The third kappa shape index (κ3) is 6.63. The molecule has 180 valence electrons. The Morgan fingerprint density at radius 1 is 1.18 bits per heavy atom. The number of carbonyl (C=O) groups excluding carboxylic acids is 1. The van der Waals surface area contributed by atoms with Gasteiger partial charge in [0.1, 0.15) is 6.10 Å². The lowest BCUT2D eigenvalue weighted by Crippen LogP contribution is -2.49. The molecule has 3 rings (SSSR count). The van der Waals surface area contributed by atoms with Gasteiger partial charge in [-0.2, -0.15) is 18.3 Å². The number of amides is 1. The summed E-state index contributed by atoms with van der Waals surface area (Å²) >= 11 is 0. The molecule has 1 atom stereocenters. The molecule has 0 bridgehead atoms. The zero-order valence-corrected chi connectivity index (χ0v) is 18.3. The first kappa shape index (κ1) is 24.4. The second kappa shape index (κ2) is 10.6. The van der Waals surface area contributed by atoms with Crippen molar-refractivity contribution in [3.05, 3.63) is 40.1 Å². The van der Waals surface area contributed by atoms with Crippen LogP contribution < -0.4 is 15.2 Å². The molecule has 1 amide bonds. The maximum Gasteiger partial charge on any atom is 0.425 e. The average Bonchev–Trinajstić information content (AvgIpc) is 2.76. The van der Waals surface area contributed by atoms with E-state index in [4.69, 9.17) is 9.47 Å². The number of hydrogen-bond acceptors (Lipinski definition) is 8. The summed E-state index contributed by atoms with van der Waals surface area (Å²) in [7, 11) is 0. The Kier molecular flexibility index (Phi) is 7.84. The highest BCUT2D eigenvalue weighted by Gasteiger charge is 2.38. The second-order valence-electron chi connectivity index (χ2n) is 7.62. The van der Waals surface area contributed by atoms with Crippen molar-refractivity contribution >= 4 is 11.9 Å². The van der Waals surface area contributed by atoms with Crippen molar-refractivity contribution in [2.75, 3.05) is 44.3 Å². The Labute approximate surface area is 187 Å². The number of piperazine rings is 1. The number of ether oxygens (including phenoxy) is 2. The number of anilines is 1. The summed E-state index contributed by atoms with van der Waals surface area (Å²) in [5.41, 5.74) is -1.86. The van der Waals surface area contributed by atoms with Crippen molar-refractivity contribution in [1.29, 1.82) is 0 Å². The van der Waals surface area contributed by atoms with E-state index in [1.54, 1.807) is 22.4 Å². The Morgan fingerprint density at radius 2 is 1.85 bits per heavy atom.